The Morgan fingerprint density at radius 2 is 1.69 bits per heavy atom. The Morgan fingerprint density at radius 1 is 1.03 bits per heavy atom. The minimum Gasteiger partial charge on any atom is -0.314 e. The average molecular weight is 444 g/mol. The molecule has 0 bridgehead atoms. The molecule has 3 rings (SSSR count). The van der Waals surface area contributed by atoms with Crippen molar-refractivity contribution in [2.45, 2.75) is 56.9 Å². The molecule has 0 aromatic heterocycles. The number of rotatable bonds is 7. The Kier molecular flexibility index (Phi) is 7.37. The lowest BCUT2D eigenvalue weighted by Crippen LogP contribution is -2.49. The predicted molar refractivity (Wildman–Crippen MR) is 115 cm³/mol. The summed E-state index contributed by atoms with van der Waals surface area (Å²) in [6.07, 6.45) is 4.64. The first-order valence-electron chi connectivity index (χ1n) is 10.5. The zero-order chi connectivity index (χ0) is 21.1. The predicted octanol–water partition coefficient (Wildman–Crippen LogP) is 1.86. The van der Waals surface area contributed by atoms with Crippen LogP contribution in [0.25, 0.3) is 0 Å². The SMILES string of the molecule is Cc1ccc(C)c(S(=O)(=O)N(CCS(=O)(=O)N2CCNCC2)C2CCCCC2)c1. The van der Waals surface area contributed by atoms with Crippen molar-refractivity contribution in [2.24, 2.45) is 0 Å². The number of aryl methyl sites for hydroxylation is 2. The van der Waals surface area contributed by atoms with Crippen molar-refractivity contribution in [3.63, 3.8) is 0 Å². The molecule has 0 spiro atoms. The quantitative estimate of drug-likeness (QED) is 0.695. The molecule has 1 saturated heterocycles. The number of hydrogen-bond acceptors (Lipinski definition) is 5. The molecule has 1 heterocycles. The maximum absolute atomic E-state index is 13.6. The van der Waals surface area contributed by atoms with Gasteiger partial charge in [-0.05, 0) is 43.9 Å². The van der Waals surface area contributed by atoms with E-state index in [9.17, 15) is 16.8 Å². The molecule has 1 N–H and O–H groups in total. The summed E-state index contributed by atoms with van der Waals surface area (Å²) in [5.41, 5.74) is 1.58. The fourth-order valence-electron chi connectivity index (χ4n) is 4.24. The van der Waals surface area contributed by atoms with Gasteiger partial charge in [0.15, 0.2) is 0 Å². The second kappa shape index (κ2) is 9.43. The van der Waals surface area contributed by atoms with E-state index in [2.05, 4.69) is 5.32 Å². The molecular weight excluding hydrogens is 410 g/mol. The summed E-state index contributed by atoms with van der Waals surface area (Å²) >= 11 is 0. The first-order chi connectivity index (χ1) is 13.7. The Morgan fingerprint density at radius 3 is 2.34 bits per heavy atom. The van der Waals surface area contributed by atoms with Crippen LogP contribution >= 0.6 is 0 Å². The summed E-state index contributed by atoms with van der Waals surface area (Å²) in [6, 6.07) is 5.28. The van der Waals surface area contributed by atoms with Crippen molar-refractivity contribution in [3.8, 4) is 0 Å². The van der Waals surface area contributed by atoms with Crippen molar-refractivity contribution >= 4 is 20.0 Å². The number of hydrogen-bond donors (Lipinski definition) is 1. The van der Waals surface area contributed by atoms with Crippen LogP contribution in [-0.2, 0) is 20.0 Å². The second-order valence-electron chi connectivity index (χ2n) is 8.14. The van der Waals surface area contributed by atoms with Gasteiger partial charge in [0.05, 0.1) is 10.6 Å². The number of sulfonamides is 2. The van der Waals surface area contributed by atoms with Gasteiger partial charge in [-0.3, -0.25) is 0 Å². The van der Waals surface area contributed by atoms with Crippen LogP contribution in [0.4, 0.5) is 0 Å². The van der Waals surface area contributed by atoms with Crippen LogP contribution in [0, 0.1) is 13.8 Å². The Bertz CT molecular complexity index is 904. The van der Waals surface area contributed by atoms with E-state index in [1.807, 2.05) is 19.1 Å². The van der Waals surface area contributed by atoms with Gasteiger partial charge in [0.2, 0.25) is 20.0 Å². The van der Waals surface area contributed by atoms with Gasteiger partial charge in [0.1, 0.15) is 0 Å². The lowest BCUT2D eigenvalue weighted by atomic mass is 9.95. The van der Waals surface area contributed by atoms with E-state index in [-0.39, 0.29) is 18.3 Å². The summed E-state index contributed by atoms with van der Waals surface area (Å²) in [5, 5.41) is 3.15. The molecule has 1 aliphatic heterocycles. The fraction of sp³-hybridized carbons (Fsp3) is 0.700. The van der Waals surface area contributed by atoms with Gasteiger partial charge in [-0.25, -0.2) is 16.8 Å². The Labute approximate surface area is 175 Å². The van der Waals surface area contributed by atoms with Crippen LogP contribution in [0.5, 0.6) is 0 Å². The largest absolute Gasteiger partial charge is 0.314 e. The van der Waals surface area contributed by atoms with Crippen molar-refractivity contribution in [3.05, 3.63) is 29.3 Å². The molecule has 0 atom stereocenters. The molecule has 1 aliphatic carbocycles. The van der Waals surface area contributed by atoms with Crippen LogP contribution in [0.1, 0.15) is 43.2 Å². The highest BCUT2D eigenvalue weighted by Gasteiger charge is 2.35. The van der Waals surface area contributed by atoms with Gasteiger partial charge in [-0.2, -0.15) is 8.61 Å². The van der Waals surface area contributed by atoms with Gasteiger partial charge in [0.25, 0.3) is 0 Å². The smallest absolute Gasteiger partial charge is 0.243 e. The van der Waals surface area contributed by atoms with Crippen LogP contribution < -0.4 is 5.32 Å². The minimum absolute atomic E-state index is 0.00659. The minimum atomic E-state index is -3.77. The van der Waals surface area contributed by atoms with E-state index in [4.69, 9.17) is 0 Å². The molecule has 7 nitrogen and oxygen atoms in total. The van der Waals surface area contributed by atoms with Gasteiger partial charge in [-0.1, -0.05) is 31.4 Å². The lowest BCUT2D eigenvalue weighted by Gasteiger charge is -2.34. The van der Waals surface area contributed by atoms with Gasteiger partial charge in [-0.15, -0.1) is 0 Å². The number of benzene rings is 1. The zero-order valence-electron chi connectivity index (χ0n) is 17.4. The van der Waals surface area contributed by atoms with Crippen molar-refractivity contribution in [1.82, 2.24) is 13.9 Å². The molecular formula is C20H33N3O4S2. The van der Waals surface area contributed by atoms with E-state index in [1.54, 1.807) is 13.0 Å². The van der Waals surface area contributed by atoms with E-state index in [0.717, 1.165) is 37.7 Å². The normalized spacial score (nSPS) is 20.2. The van der Waals surface area contributed by atoms with Crippen LogP contribution in [0.15, 0.2) is 23.1 Å². The monoisotopic (exact) mass is 443 g/mol. The molecule has 0 radical (unpaired) electrons. The number of piperazine rings is 1. The molecule has 0 amide bonds. The van der Waals surface area contributed by atoms with Crippen molar-refractivity contribution < 1.29 is 16.8 Å². The highest BCUT2D eigenvalue weighted by molar-refractivity contribution is 7.90. The first-order valence-corrected chi connectivity index (χ1v) is 13.5. The molecule has 1 aromatic rings. The summed E-state index contributed by atoms with van der Waals surface area (Å²) in [4.78, 5) is 0.294. The number of nitrogens with one attached hydrogen (secondary N) is 1. The fourth-order valence-corrected chi connectivity index (χ4v) is 7.77. The maximum Gasteiger partial charge on any atom is 0.243 e. The molecule has 1 aromatic carbocycles. The Hall–Kier alpha value is -1.00. The van der Waals surface area contributed by atoms with Crippen LogP contribution in [-0.4, -0.2) is 70.0 Å². The molecule has 0 unspecified atom stereocenters. The Balaban J connectivity index is 1.87. The molecule has 2 aliphatic rings. The maximum atomic E-state index is 13.6. The molecule has 9 heteroatoms. The third kappa shape index (κ3) is 5.38. The lowest BCUT2D eigenvalue weighted by molar-refractivity contribution is 0.260. The third-order valence-corrected chi connectivity index (χ3v) is 9.90. The summed E-state index contributed by atoms with van der Waals surface area (Å²) in [6.45, 7) is 5.82. The zero-order valence-corrected chi connectivity index (χ0v) is 19.1. The second-order valence-corrected chi connectivity index (χ2v) is 12.1. The third-order valence-electron chi connectivity index (χ3n) is 5.95. The van der Waals surface area contributed by atoms with E-state index in [1.165, 1.54) is 8.61 Å². The summed E-state index contributed by atoms with van der Waals surface area (Å²) in [7, 11) is -7.26. The topological polar surface area (TPSA) is 86.8 Å². The standard InChI is InChI=1S/C20H33N3O4S2/c1-17-8-9-18(2)20(16-17)29(26,27)23(19-6-4-3-5-7-19)14-15-28(24,25)22-12-10-21-11-13-22/h8-9,16,19,21H,3-7,10-15H2,1-2H3. The summed E-state index contributed by atoms with van der Waals surface area (Å²) < 4.78 is 55.8. The summed E-state index contributed by atoms with van der Waals surface area (Å²) in [5.74, 6) is -0.173. The molecule has 29 heavy (non-hydrogen) atoms. The van der Waals surface area contributed by atoms with Gasteiger partial charge >= 0.3 is 0 Å². The van der Waals surface area contributed by atoms with E-state index < -0.39 is 20.0 Å². The molecule has 2 fully saturated rings. The van der Waals surface area contributed by atoms with Crippen LogP contribution in [0.3, 0.4) is 0 Å². The van der Waals surface area contributed by atoms with Gasteiger partial charge < -0.3 is 5.32 Å². The molecule has 164 valence electrons. The van der Waals surface area contributed by atoms with Crippen molar-refractivity contribution in [1.29, 1.82) is 0 Å². The van der Waals surface area contributed by atoms with Gasteiger partial charge in [0, 0.05) is 38.8 Å². The van der Waals surface area contributed by atoms with E-state index in [0.29, 0.717) is 36.6 Å². The average Bonchev–Trinajstić information content (AvgIpc) is 2.71. The first kappa shape index (κ1) is 22.7. The molecule has 1 saturated carbocycles. The van der Waals surface area contributed by atoms with Crippen LogP contribution in [0.2, 0.25) is 0 Å². The number of nitrogens with zero attached hydrogens (tertiary/aromatic N) is 2. The highest BCUT2D eigenvalue weighted by atomic mass is 32.2. The highest BCUT2D eigenvalue weighted by Crippen LogP contribution is 2.29. The van der Waals surface area contributed by atoms with Crippen molar-refractivity contribution in [2.75, 3.05) is 38.5 Å². The van der Waals surface area contributed by atoms with E-state index >= 15 is 0 Å².